The fraction of sp³-hybridized carbons (Fsp3) is 0.483. The highest BCUT2D eigenvalue weighted by molar-refractivity contribution is 8.14. The maximum absolute atomic E-state index is 12.6. The summed E-state index contributed by atoms with van der Waals surface area (Å²) in [5, 5.41) is 8.75. The second kappa shape index (κ2) is 14.8. The number of hydrogen-bond acceptors (Lipinski definition) is 8. The second-order valence-corrected chi connectivity index (χ2v) is 10.7. The van der Waals surface area contributed by atoms with Crippen LogP contribution in [0.3, 0.4) is 0 Å². The van der Waals surface area contributed by atoms with E-state index in [1.165, 1.54) is 16.8 Å². The fourth-order valence-electron chi connectivity index (χ4n) is 4.22. The Bertz CT molecular complexity index is 1130. The van der Waals surface area contributed by atoms with Crippen molar-refractivity contribution in [1.29, 1.82) is 0 Å². The molecule has 0 bridgehead atoms. The third-order valence-corrected chi connectivity index (χ3v) is 7.06. The molecule has 2 amide bonds. The van der Waals surface area contributed by atoms with Gasteiger partial charge in [-0.15, -0.1) is 0 Å². The number of nitrogens with one attached hydrogen (secondary N) is 1. The molecule has 3 rings (SSSR count). The zero-order chi connectivity index (χ0) is 28.4. The number of carbonyl (C=O) groups excluding carboxylic acids is 2. The quantitative estimate of drug-likeness (QED) is 0.313. The van der Waals surface area contributed by atoms with Gasteiger partial charge in [0.15, 0.2) is 11.5 Å². The van der Waals surface area contributed by atoms with E-state index in [-0.39, 0.29) is 5.24 Å². The van der Waals surface area contributed by atoms with Gasteiger partial charge in [0.05, 0.1) is 26.0 Å². The third-order valence-electron chi connectivity index (χ3n) is 6.18. The number of carbonyl (C=O) groups is 2. The number of anilines is 1. The summed E-state index contributed by atoms with van der Waals surface area (Å²) in [4.78, 5) is 27.1. The largest absolute Gasteiger partial charge is 0.493 e. The van der Waals surface area contributed by atoms with Crippen LogP contribution in [0.2, 0.25) is 0 Å². The Morgan fingerprint density at radius 3 is 2.44 bits per heavy atom. The van der Waals surface area contributed by atoms with Crippen molar-refractivity contribution in [1.82, 2.24) is 9.91 Å². The lowest BCUT2D eigenvalue weighted by Gasteiger charge is -2.30. The number of hydrogen-bond donors (Lipinski definition) is 1. The van der Waals surface area contributed by atoms with Crippen LogP contribution in [0, 0.1) is 0 Å². The van der Waals surface area contributed by atoms with E-state index in [1.807, 2.05) is 37.3 Å². The van der Waals surface area contributed by atoms with E-state index in [1.54, 1.807) is 19.2 Å². The minimum Gasteiger partial charge on any atom is -0.493 e. The van der Waals surface area contributed by atoms with Gasteiger partial charge >= 0.3 is 11.3 Å². The van der Waals surface area contributed by atoms with Gasteiger partial charge in [-0.05, 0) is 70.0 Å². The fourth-order valence-corrected chi connectivity index (χ4v) is 4.96. The molecule has 0 spiro atoms. The topological polar surface area (TPSA) is 92.7 Å². The van der Waals surface area contributed by atoms with Crippen molar-refractivity contribution in [2.75, 3.05) is 37.9 Å². The van der Waals surface area contributed by atoms with Crippen molar-refractivity contribution >= 4 is 34.5 Å². The molecule has 1 N–H and O–H groups in total. The number of ether oxygens (including phenoxy) is 3. The first kappa shape index (κ1) is 30.3. The van der Waals surface area contributed by atoms with Crippen LogP contribution in [0.15, 0.2) is 47.6 Å². The Balaban J connectivity index is 1.60. The molecular formula is C29H40N4O5S. The lowest BCUT2D eigenvalue weighted by Crippen LogP contribution is -2.39. The van der Waals surface area contributed by atoms with Crippen molar-refractivity contribution in [2.24, 2.45) is 5.10 Å². The summed E-state index contributed by atoms with van der Waals surface area (Å²) in [7, 11) is 1.61. The molecule has 0 atom stereocenters. The molecule has 1 aliphatic rings. The highest BCUT2D eigenvalue weighted by Crippen LogP contribution is 2.30. The van der Waals surface area contributed by atoms with E-state index < -0.39 is 6.09 Å². The van der Waals surface area contributed by atoms with Crippen molar-refractivity contribution in [2.45, 2.75) is 59.7 Å². The van der Waals surface area contributed by atoms with Gasteiger partial charge in [0.2, 0.25) is 0 Å². The highest BCUT2D eigenvalue weighted by atomic mass is 32.2. The predicted molar refractivity (Wildman–Crippen MR) is 157 cm³/mol. The summed E-state index contributed by atoms with van der Waals surface area (Å²) in [6.45, 7) is 12.4. The molecule has 0 aliphatic carbocycles. The van der Waals surface area contributed by atoms with Gasteiger partial charge in [0.25, 0.3) is 0 Å². The Labute approximate surface area is 235 Å². The number of methoxy groups -OCH3 is 1. The van der Waals surface area contributed by atoms with Crippen LogP contribution in [-0.2, 0) is 11.3 Å². The van der Waals surface area contributed by atoms with Gasteiger partial charge < -0.3 is 14.2 Å². The Hall–Kier alpha value is -3.24. The van der Waals surface area contributed by atoms with Crippen LogP contribution in [0.5, 0.6) is 11.5 Å². The molecule has 0 radical (unpaired) electrons. The lowest BCUT2D eigenvalue weighted by atomic mass is 10.1. The molecule has 1 heterocycles. The monoisotopic (exact) mass is 556 g/mol. The van der Waals surface area contributed by atoms with E-state index >= 15 is 0 Å². The minimum absolute atomic E-state index is 0.114. The molecule has 2 aromatic rings. The van der Waals surface area contributed by atoms with Crippen LogP contribution in [0.4, 0.5) is 15.3 Å². The average Bonchev–Trinajstić information content (AvgIpc) is 2.91. The highest BCUT2D eigenvalue weighted by Gasteiger charge is 2.23. The van der Waals surface area contributed by atoms with Gasteiger partial charge in [-0.3, -0.25) is 15.0 Å². The normalized spacial score (nSPS) is 13.6. The maximum Gasteiger partial charge on any atom is 0.411 e. The summed E-state index contributed by atoms with van der Waals surface area (Å²) in [6, 6.07) is 13.7. The van der Waals surface area contributed by atoms with Crippen molar-refractivity contribution in [3.05, 3.63) is 53.6 Å². The number of hydrazone groups is 1. The molecule has 0 unspecified atom stereocenters. The summed E-state index contributed by atoms with van der Waals surface area (Å²) < 4.78 is 16.6. The van der Waals surface area contributed by atoms with Crippen LogP contribution in [-0.4, -0.2) is 71.7 Å². The van der Waals surface area contributed by atoms with Gasteiger partial charge in [-0.25, -0.2) is 9.80 Å². The summed E-state index contributed by atoms with van der Waals surface area (Å²) >= 11 is 1.21. The maximum atomic E-state index is 12.6. The average molecular weight is 557 g/mol. The summed E-state index contributed by atoms with van der Waals surface area (Å²) in [5.41, 5.74) is 3.18. The van der Waals surface area contributed by atoms with E-state index in [0.29, 0.717) is 61.3 Å². The van der Waals surface area contributed by atoms with Gasteiger partial charge in [0.1, 0.15) is 6.61 Å². The molecule has 1 aliphatic heterocycles. The molecule has 2 aromatic carbocycles. The molecule has 0 aromatic heterocycles. The lowest BCUT2D eigenvalue weighted by molar-refractivity contribution is 0.111. The van der Waals surface area contributed by atoms with Gasteiger partial charge in [-0.1, -0.05) is 30.8 Å². The number of rotatable bonds is 13. The second-order valence-electron chi connectivity index (χ2n) is 9.76. The number of thioether (sulfide) groups is 1. The molecule has 212 valence electrons. The van der Waals surface area contributed by atoms with E-state index in [0.717, 1.165) is 23.3 Å². The molecule has 10 heteroatoms. The first-order valence-electron chi connectivity index (χ1n) is 13.3. The molecule has 0 saturated carbocycles. The van der Waals surface area contributed by atoms with Gasteiger partial charge in [-0.2, -0.15) is 5.10 Å². The minimum atomic E-state index is -0.492. The zero-order valence-electron chi connectivity index (χ0n) is 23.7. The smallest absolute Gasteiger partial charge is 0.411 e. The van der Waals surface area contributed by atoms with Crippen LogP contribution in [0.25, 0.3) is 0 Å². The molecule has 39 heavy (non-hydrogen) atoms. The number of benzene rings is 2. The predicted octanol–water partition coefficient (Wildman–Crippen LogP) is 6.22. The van der Waals surface area contributed by atoms with Crippen LogP contribution in [0.1, 0.15) is 52.2 Å². The molecule has 0 saturated heterocycles. The molecular weight excluding hydrogens is 516 g/mol. The standard InChI is InChI=1S/C29H40N4O5S/c1-7-15-37-27-17-23(10-13-26(27)36-6)25-19-39-29(35)33(31-25)18-22-8-11-24(12-9-22)30-28(34)38-16-14-32(20(2)3)21(4)5/h8-13,17,20-21H,7,14-16,18-19H2,1-6H3,(H,30,34). The number of nitrogens with zero attached hydrogens (tertiary/aromatic N) is 3. The third kappa shape index (κ3) is 8.90. The first-order chi connectivity index (χ1) is 18.7. The Kier molecular flexibility index (Phi) is 11.5. The Morgan fingerprint density at radius 1 is 1.08 bits per heavy atom. The van der Waals surface area contributed by atoms with Crippen molar-refractivity contribution in [3.8, 4) is 11.5 Å². The first-order valence-corrected chi connectivity index (χ1v) is 14.3. The van der Waals surface area contributed by atoms with Crippen molar-refractivity contribution < 1.29 is 23.8 Å². The van der Waals surface area contributed by atoms with Crippen molar-refractivity contribution in [3.63, 3.8) is 0 Å². The van der Waals surface area contributed by atoms with Gasteiger partial charge in [0, 0.05) is 35.6 Å². The SMILES string of the molecule is CCCOc1cc(C2=NN(Cc3ccc(NC(=O)OCCN(C(C)C)C(C)C)cc3)C(=O)SC2)ccc1OC. The van der Waals surface area contributed by atoms with Crippen LogP contribution >= 0.6 is 11.8 Å². The number of amides is 2. The Morgan fingerprint density at radius 2 is 1.79 bits per heavy atom. The molecule has 9 nitrogen and oxygen atoms in total. The summed E-state index contributed by atoms with van der Waals surface area (Å²) in [5.74, 6) is 1.80. The van der Waals surface area contributed by atoms with E-state index in [2.05, 4.69) is 43.0 Å². The van der Waals surface area contributed by atoms with E-state index in [9.17, 15) is 9.59 Å². The summed E-state index contributed by atoms with van der Waals surface area (Å²) in [6.07, 6.45) is 0.394. The van der Waals surface area contributed by atoms with Crippen LogP contribution < -0.4 is 14.8 Å². The van der Waals surface area contributed by atoms with E-state index in [4.69, 9.17) is 14.2 Å². The zero-order valence-corrected chi connectivity index (χ0v) is 24.5. The molecule has 0 fully saturated rings.